The molecule has 0 aliphatic carbocycles. The fourth-order valence-electron chi connectivity index (χ4n) is 3.61. The normalized spacial score (nSPS) is 12.0. The smallest absolute Gasteiger partial charge is 0.264 e. The molecule has 0 heterocycles. The van der Waals surface area contributed by atoms with E-state index in [0.29, 0.717) is 12.2 Å². The first-order chi connectivity index (χ1) is 17.2. The molecule has 3 aromatic carbocycles. The van der Waals surface area contributed by atoms with E-state index in [0.717, 1.165) is 20.8 Å². The minimum Gasteiger partial charge on any atom is -0.354 e. The van der Waals surface area contributed by atoms with E-state index in [9.17, 15) is 18.0 Å². The lowest BCUT2D eigenvalue weighted by atomic mass is 10.1. The highest BCUT2D eigenvalue weighted by Crippen LogP contribution is 2.24. The zero-order valence-electron chi connectivity index (χ0n) is 20.3. The van der Waals surface area contributed by atoms with Crippen molar-refractivity contribution in [3.8, 4) is 0 Å². The minimum absolute atomic E-state index is 0.0786. The van der Waals surface area contributed by atoms with E-state index < -0.39 is 28.5 Å². The molecule has 0 saturated carbocycles. The summed E-state index contributed by atoms with van der Waals surface area (Å²) in [7, 11) is -4.04. The Morgan fingerprint density at radius 2 is 1.50 bits per heavy atom. The second-order valence-corrected chi connectivity index (χ2v) is 11.1. The molecule has 3 rings (SSSR count). The molecular weight excluding hydrogens is 542 g/mol. The number of nitrogens with zero attached hydrogens (tertiary/aromatic N) is 2. The van der Waals surface area contributed by atoms with E-state index in [2.05, 4.69) is 21.2 Å². The van der Waals surface area contributed by atoms with Crippen LogP contribution in [0.5, 0.6) is 0 Å². The van der Waals surface area contributed by atoms with Gasteiger partial charge < -0.3 is 10.2 Å². The van der Waals surface area contributed by atoms with Gasteiger partial charge >= 0.3 is 0 Å². The van der Waals surface area contributed by atoms with Crippen LogP contribution in [0.3, 0.4) is 0 Å². The molecule has 0 aromatic heterocycles. The topological polar surface area (TPSA) is 86.8 Å². The van der Waals surface area contributed by atoms with E-state index in [-0.39, 0.29) is 17.3 Å². The summed E-state index contributed by atoms with van der Waals surface area (Å²) in [5.74, 6) is -0.778. The largest absolute Gasteiger partial charge is 0.354 e. The number of para-hydroxylation sites is 1. The molecule has 9 heteroatoms. The minimum atomic E-state index is -4.04. The average Bonchev–Trinajstić information content (AvgIpc) is 2.90. The summed E-state index contributed by atoms with van der Waals surface area (Å²) in [6, 6.07) is 23.1. The van der Waals surface area contributed by atoms with Crippen LogP contribution in [0.1, 0.15) is 25.8 Å². The number of rotatable bonds is 11. The van der Waals surface area contributed by atoms with Crippen molar-refractivity contribution in [3.63, 3.8) is 0 Å². The molecule has 190 valence electrons. The lowest BCUT2D eigenvalue weighted by Crippen LogP contribution is -2.51. The highest BCUT2D eigenvalue weighted by atomic mass is 79.9. The number of halogens is 1. The number of nitrogens with one attached hydrogen (secondary N) is 1. The Balaban J connectivity index is 1.97. The van der Waals surface area contributed by atoms with E-state index >= 15 is 0 Å². The van der Waals surface area contributed by atoms with Crippen LogP contribution in [0.25, 0.3) is 0 Å². The summed E-state index contributed by atoms with van der Waals surface area (Å²) < 4.78 is 29.2. The van der Waals surface area contributed by atoms with Crippen molar-refractivity contribution in [3.05, 3.63) is 95.0 Å². The maximum Gasteiger partial charge on any atom is 0.264 e. The molecule has 1 unspecified atom stereocenters. The molecule has 0 saturated heterocycles. The van der Waals surface area contributed by atoms with E-state index in [1.165, 1.54) is 17.0 Å². The number of hydrogen-bond donors (Lipinski definition) is 1. The summed E-state index contributed by atoms with van der Waals surface area (Å²) in [6.45, 7) is 3.79. The monoisotopic (exact) mass is 571 g/mol. The Hall–Kier alpha value is -3.17. The predicted molar refractivity (Wildman–Crippen MR) is 145 cm³/mol. The molecule has 0 bridgehead atoms. The standard InChI is InChI=1S/C27H30BrN3O4S/c1-3-18-29-27(33)21(2)30(19-22-14-16-23(28)17-15-22)26(32)20-31(24-10-6-4-7-11-24)36(34,35)25-12-8-5-9-13-25/h4-17,21H,3,18-20H2,1-2H3,(H,29,33). The third kappa shape index (κ3) is 6.95. The number of sulfonamides is 1. The Morgan fingerprint density at radius 1 is 0.917 bits per heavy atom. The van der Waals surface area contributed by atoms with Crippen molar-refractivity contribution < 1.29 is 18.0 Å². The van der Waals surface area contributed by atoms with Gasteiger partial charge in [0.1, 0.15) is 12.6 Å². The number of amides is 2. The molecule has 0 aliphatic heterocycles. The van der Waals surface area contributed by atoms with E-state index in [1.807, 2.05) is 31.2 Å². The van der Waals surface area contributed by atoms with Crippen LogP contribution in [0, 0.1) is 0 Å². The van der Waals surface area contributed by atoms with Crippen molar-refractivity contribution in [2.75, 3.05) is 17.4 Å². The molecular formula is C27H30BrN3O4S. The van der Waals surface area contributed by atoms with Gasteiger partial charge in [-0.3, -0.25) is 13.9 Å². The lowest BCUT2D eigenvalue weighted by Gasteiger charge is -2.32. The molecule has 0 spiro atoms. The third-order valence-corrected chi connectivity index (χ3v) is 7.95. The van der Waals surface area contributed by atoms with Gasteiger partial charge in [0.05, 0.1) is 10.6 Å². The molecule has 2 amide bonds. The van der Waals surface area contributed by atoms with Gasteiger partial charge in [0.15, 0.2) is 0 Å². The van der Waals surface area contributed by atoms with Crippen molar-refractivity contribution in [2.24, 2.45) is 0 Å². The zero-order chi connectivity index (χ0) is 26.1. The van der Waals surface area contributed by atoms with Crippen molar-refractivity contribution in [2.45, 2.75) is 37.8 Å². The van der Waals surface area contributed by atoms with E-state index in [1.54, 1.807) is 55.5 Å². The maximum absolute atomic E-state index is 13.7. The van der Waals surface area contributed by atoms with Gasteiger partial charge in [0, 0.05) is 17.6 Å². The summed E-state index contributed by atoms with van der Waals surface area (Å²) in [4.78, 5) is 28.0. The van der Waals surface area contributed by atoms with Gasteiger partial charge in [-0.05, 0) is 55.3 Å². The van der Waals surface area contributed by atoms with Gasteiger partial charge in [-0.15, -0.1) is 0 Å². The second-order valence-electron chi connectivity index (χ2n) is 8.28. The first-order valence-corrected chi connectivity index (χ1v) is 13.9. The van der Waals surface area contributed by atoms with Crippen molar-refractivity contribution >= 4 is 43.5 Å². The molecule has 36 heavy (non-hydrogen) atoms. The summed E-state index contributed by atoms with van der Waals surface area (Å²) >= 11 is 3.41. The van der Waals surface area contributed by atoms with Gasteiger partial charge in [0.25, 0.3) is 10.0 Å². The zero-order valence-corrected chi connectivity index (χ0v) is 22.7. The molecule has 1 N–H and O–H groups in total. The molecule has 0 radical (unpaired) electrons. The van der Waals surface area contributed by atoms with Gasteiger partial charge in [-0.2, -0.15) is 0 Å². The fourth-order valence-corrected chi connectivity index (χ4v) is 5.31. The average molecular weight is 573 g/mol. The number of hydrogen-bond acceptors (Lipinski definition) is 4. The van der Waals surface area contributed by atoms with Crippen LogP contribution in [0.15, 0.2) is 94.3 Å². The van der Waals surface area contributed by atoms with Crippen LogP contribution in [-0.4, -0.2) is 44.3 Å². The summed E-state index contributed by atoms with van der Waals surface area (Å²) in [5, 5.41) is 2.83. The quantitative estimate of drug-likeness (QED) is 0.364. The fraction of sp³-hybridized carbons (Fsp3) is 0.259. The molecule has 0 aliphatic rings. The predicted octanol–water partition coefficient (Wildman–Crippen LogP) is 4.59. The number of carbonyl (C=O) groups excluding carboxylic acids is 2. The number of anilines is 1. The first-order valence-electron chi connectivity index (χ1n) is 11.7. The Morgan fingerprint density at radius 3 is 2.08 bits per heavy atom. The summed E-state index contributed by atoms with van der Waals surface area (Å²) in [5.41, 5.74) is 1.18. The summed E-state index contributed by atoms with van der Waals surface area (Å²) in [6.07, 6.45) is 0.760. The first kappa shape index (κ1) is 27.4. The van der Waals surface area contributed by atoms with Gasteiger partial charge in [-0.25, -0.2) is 8.42 Å². The Labute approximate surface area is 221 Å². The van der Waals surface area contributed by atoms with Crippen LogP contribution >= 0.6 is 15.9 Å². The Bertz CT molecular complexity index is 1250. The number of carbonyl (C=O) groups is 2. The van der Waals surface area contributed by atoms with E-state index in [4.69, 9.17) is 0 Å². The molecule has 7 nitrogen and oxygen atoms in total. The third-order valence-electron chi connectivity index (χ3n) is 5.64. The van der Waals surface area contributed by atoms with Crippen LogP contribution in [0.2, 0.25) is 0 Å². The number of benzene rings is 3. The van der Waals surface area contributed by atoms with Crippen LogP contribution in [-0.2, 0) is 26.2 Å². The Kier molecular flexibility index (Phi) is 9.66. The van der Waals surface area contributed by atoms with Crippen LogP contribution in [0.4, 0.5) is 5.69 Å². The maximum atomic E-state index is 13.7. The highest BCUT2D eigenvalue weighted by Gasteiger charge is 2.32. The molecule has 3 aromatic rings. The second kappa shape index (κ2) is 12.7. The van der Waals surface area contributed by atoms with Gasteiger partial charge in [0.2, 0.25) is 11.8 Å². The molecule has 0 fully saturated rings. The van der Waals surface area contributed by atoms with Crippen molar-refractivity contribution in [1.29, 1.82) is 0 Å². The lowest BCUT2D eigenvalue weighted by molar-refractivity contribution is -0.139. The highest BCUT2D eigenvalue weighted by molar-refractivity contribution is 9.10. The SMILES string of the molecule is CCCNC(=O)C(C)N(Cc1ccc(Br)cc1)C(=O)CN(c1ccccc1)S(=O)(=O)c1ccccc1. The molecule has 1 atom stereocenters. The van der Waals surface area contributed by atoms with Gasteiger partial charge in [-0.1, -0.05) is 71.4 Å². The van der Waals surface area contributed by atoms with Crippen LogP contribution < -0.4 is 9.62 Å². The van der Waals surface area contributed by atoms with Crippen molar-refractivity contribution in [1.82, 2.24) is 10.2 Å².